The molecule has 0 aliphatic rings. The first kappa shape index (κ1) is 23.8. The number of aromatic nitrogens is 4. The molecule has 0 saturated carbocycles. The highest BCUT2D eigenvalue weighted by molar-refractivity contribution is 9.10. The molecule has 2 aromatic heterocycles. The molecule has 2 aromatic carbocycles. The van der Waals surface area contributed by atoms with E-state index in [-0.39, 0.29) is 35.1 Å². The van der Waals surface area contributed by atoms with Crippen LogP contribution in [0.1, 0.15) is 12.0 Å². The van der Waals surface area contributed by atoms with E-state index in [1.165, 1.54) is 29.2 Å². The number of hydrogen-bond donors (Lipinski definition) is 1. The van der Waals surface area contributed by atoms with Crippen LogP contribution in [0.25, 0.3) is 11.0 Å². The van der Waals surface area contributed by atoms with Crippen molar-refractivity contribution in [2.24, 2.45) is 0 Å². The summed E-state index contributed by atoms with van der Waals surface area (Å²) in [5, 5.41) is 7.31. The molecule has 4 rings (SSSR count). The molecule has 0 saturated heterocycles. The molecule has 11 heteroatoms. The molecular weight excluding hydrogens is 522 g/mol. The average molecular weight is 544 g/mol. The van der Waals surface area contributed by atoms with Gasteiger partial charge in [0.15, 0.2) is 15.5 Å². The Labute approximate surface area is 204 Å². The maximum Gasteiger partial charge on any atom is 0.264 e. The first-order valence-electron chi connectivity index (χ1n) is 10.5. The van der Waals surface area contributed by atoms with Gasteiger partial charge in [-0.3, -0.25) is 14.2 Å². The topological polar surface area (TPSA) is 116 Å². The molecule has 0 fully saturated rings. The number of fused-ring (bicyclic) bond motifs is 1. The number of halogens is 1. The molecule has 0 unspecified atom stereocenters. The number of carbonyl (C=O) groups excluding carboxylic acids is 1. The summed E-state index contributed by atoms with van der Waals surface area (Å²) in [4.78, 5) is 29.5. The fourth-order valence-corrected chi connectivity index (χ4v) is 4.95. The number of benzene rings is 2. The highest BCUT2D eigenvalue weighted by atomic mass is 79.9. The van der Waals surface area contributed by atoms with Crippen molar-refractivity contribution < 1.29 is 13.2 Å². The fourth-order valence-electron chi connectivity index (χ4n) is 3.42. The zero-order valence-electron chi connectivity index (χ0n) is 18.1. The van der Waals surface area contributed by atoms with Crippen molar-refractivity contribution in [1.29, 1.82) is 0 Å². The molecule has 0 atom stereocenters. The minimum Gasteiger partial charge on any atom is -0.354 e. The van der Waals surface area contributed by atoms with Crippen LogP contribution >= 0.6 is 15.9 Å². The van der Waals surface area contributed by atoms with Crippen LogP contribution in [0.5, 0.6) is 0 Å². The van der Waals surface area contributed by atoms with Crippen LogP contribution in [-0.2, 0) is 27.7 Å². The van der Waals surface area contributed by atoms with Gasteiger partial charge in [-0.25, -0.2) is 18.1 Å². The van der Waals surface area contributed by atoms with Crippen LogP contribution < -0.4 is 10.9 Å². The van der Waals surface area contributed by atoms with Gasteiger partial charge in [-0.15, -0.1) is 0 Å². The summed E-state index contributed by atoms with van der Waals surface area (Å²) in [7, 11) is -3.51. The SMILES string of the molecule is O=C(CCS(=O)(=O)c1ccccc1)NCCn1ncc2c(=O)n(Cc3ccc(Br)cc3)cnc21. The number of nitrogens with zero attached hydrogens (tertiary/aromatic N) is 4. The van der Waals surface area contributed by atoms with Gasteiger partial charge in [0.2, 0.25) is 5.91 Å². The highest BCUT2D eigenvalue weighted by Crippen LogP contribution is 2.12. The molecule has 1 N–H and O–H groups in total. The Balaban J connectivity index is 1.34. The molecule has 0 radical (unpaired) electrons. The Morgan fingerprint density at radius 3 is 2.53 bits per heavy atom. The molecule has 176 valence electrons. The van der Waals surface area contributed by atoms with Gasteiger partial charge >= 0.3 is 0 Å². The van der Waals surface area contributed by atoms with E-state index in [2.05, 4.69) is 31.3 Å². The van der Waals surface area contributed by atoms with Crippen LogP contribution in [0.15, 0.2) is 81.3 Å². The third-order valence-corrected chi connectivity index (χ3v) is 7.50. The number of sulfone groups is 1. The fraction of sp³-hybridized carbons (Fsp3) is 0.217. The Morgan fingerprint density at radius 1 is 1.06 bits per heavy atom. The number of hydrogen-bond acceptors (Lipinski definition) is 6. The van der Waals surface area contributed by atoms with Crippen LogP contribution in [0.4, 0.5) is 0 Å². The molecule has 9 nitrogen and oxygen atoms in total. The standard InChI is InChI=1S/C23H22BrN5O4S/c24-18-8-6-17(7-9-18)15-28-16-26-22-20(23(28)31)14-27-29(22)12-11-25-21(30)10-13-34(32,33)19-4-2-1-3-5-19/h1-9,14,16H,10-13,15H2,(H,25,30). The summed E-state index contributed by atoms with van der Waals surface area (Å²) in [6.45, 7) is 0.913. The molecule has 0 aliphatic carbocycles. The quantitative estimate of drug-likeness (QED) is 0.346. The lowest BCUT2D eigenvalue weighted by Gasteiger charge is -2.08. The third kappa shape index (κ3) is 5.60. The number of amides is 1. The Morgan fingerprint density at radius 2 is 1.79 bits per heavy atom. The Bertz CT molecular complexity index is 1470. The largest absolute Gasteiger partial charge is 0.354 e. The van der Waals surface area contributed by atoms with Crippen molar-refractivity contribution in [3.05, 3.63) is 87.5 Å². The second-order valence-electron chi connectivity index (χ2n) is 7.64. The first-order chi connectivity index (χ1) is 16.3. The summed E-state index contributed by atoms with van der Waals surface area (Å²) in [5.74, 6) is -0.645. The number of nitrogens with one attached hydrogen (secondary N) is 1. The predicted octanol–water partition coefficient (Wildman–Crippen LogP) is 2.38. The van der Waals surface area contributed by atoms with E-state index < -0.39 is 9.84 Å². The summed E-state index contributed by atoms with van der Waals surface area (Å²) in [6.07, 6.45) is 2.81. The zero-order valence-corrected chi connectivity index (χ0v) is 20.5. The lowest BCUT2D eigenvalue weighted by Crippen LogP contribution is -2.29. The second-order valence-corrected chi connectivity index (χ2v) is 10.7. The van der Waals surface area contributed by atoms with Crippen molar-refractivity contribution in [3.63, 3.8) is 0 Å². The van der Waals surface area contributed by atoms with E-state index in [0.717, 1.165) is 10.0 Å². The molecule has 34 heavy (non-hydrogen) atoms. The highest BCUT2D eigenvalue weighted by Gasteiger charge is 2.16. The number of carbonyl (C=O) groups is 1. The normalized spacial score (nSPS) is 11.6. The van der Waals surface area contributed by atoms with Crippen LogP contribution in [0, 0.1) is 0 Å². The van der Waals surface area contributed by atoms with Crippen molar-refractivity contribution in [2.45, 2.75) is 24.4 Å². The summed E-state index contributed by atoms with van der Waals surface area (Å²) in [6, 6.07) is 15.7. The summed E-state index contributed by atoms with van der Waals surface area (Å²) in [5.41, 5.74) is 1.20. The summed E-state index contributed by atoms with van der Waals surface area (Å²) < 4.78 is 28.6. The second kappa shape index (κ2) is 10.3. The van der Waals surface area contributed by atoms with E-state index >= 15 is 0 Å². The minimum absolute atomic E-state index is 0.143. The van der Waals surface area contributed by atoms with Crippen molar-refractivity contribution >= 4 is 42.7 Å². The molecule has 4 aromatic rings. The predicted molar refractivity (Wildman–Crippen MR) is 131 cm³/mol. The summed E-state index contributed by atoms with van der Waals surface area (Å²) >= 11 is 3.39. The van der Waals surface area contributed by atoms with Gasteiger partial charge in [-0.05, 0) is 29.8 Å². The van der Waals surface area contributed by atoms with E-state index in [1.807, 2.05) is 24.3 Å². The van der Waals surface area contributed by atoms with E-state index in [9.17, 15) is 18.0 Å². The van der Waals surface area contributed by atoms with Crippen LogP contribution in [0.2, 0.25) is 0 Å². The van der Waals surface area contributed by atoms with E-state index in [0.29, 0.717) is 24.1 Å². The maximum atomic E-state index is 12.8. The monoisotopic (exact) mass is 543 g/mol. The van der Waals surface area contributed by atoms with Gasteiger partial charge in [-0.1, -0.05) is 46.3 Å². The lowest BCUT2D eigenvalue weighted by atomic mass is 10.2. The Hall–Kier alpha value is -3.31. The molecule has 1 amide bonds. The van der Waals surface area contributed by atoms with Gasteiger partial charge in [0.1, 0.15) is 11.7 Å². The van der Waals surface area contributed by atoms with Crippen molar-refractivity contribution in [2.75, 3.05) is 12.3 Å². The van der Waals surface area contributed by atoms with Crippen LogP contribution in [0.3, 0.4) is 0 Å². The van der Waals surface area contributed by atoms with E-state index in [4.69, 9.17) is 0 Å². The van der Waals surface area contributed by atoms with Gasteiger partial charge in [0, 0.05) is 17.4 Å². The van der Waals surface area contributed by atoms with Gasteiger partial charge in [-0.2, -0.15) is 5.10 Å². The smallest absolute Gasteiger partial charge is 0.264 e. The average Bonchev–Trinajstić information content (AvgIpc) is 3.25. The third-order valence-electron chi connectivity index (χ3n) is 5.23. The van der Waals surface area contributed by atoms with Crippen molar-refractivity contribution in [3.8, 4) is 0 Å². The number of rotatable bonds is 9. The molecule has 0 bridgehead atoms. The molecule has 0 spiro atoms. The zero-order chi connectivity index (χ0) is 24.1. The van der Waals surface area contributed by atoms with Gasteiger partial charge < -0.3 is 5.32 Å². The van der Waals surface area contributed by atoms with Gasteiger partial charge in [0.05, 0.1) is 29.9 Å². The minimum atomic E-state index is -3.51. The maximum absolute atomic E-state index is 12.8. The van der Waals surface area contributed by atoms with E-state index in [1.54, 1.807) is 22.9 Å². The first-order valence-corrected chi connectivity index (χ1v) is 13.0. The molecule has 2 heterocycles. The van der Waals surface area contributed by atoms with Crippen molar-refractivity contribution in [1.82, 2.24) is 24.6 Å². The Kier molecular flexibility index (Phi) is 7.23. The molecular formula is C23H22BrN5O4S. The lowest BCUT2D eigenvalue weighted by molar-refractivity contribution is -0.120. The van der Waals surface area contributed by atoms with Gasteiger partial charge in [0.25, 0.3) is 5.56 Å². The molecule has 0 aliphatic heterocycles. The van der Waals surface area contributed by atoms with Crippen LogP contribution in [-0.4, -0.2) is 46.0 Å².